The van der Waals surface area contributed by atoms with Gasteiger partial charge in [0.05, 0.1) is 11.4 Å². The average Bonchev–Trinajstić information content (AvgIpc) is 3.07. The van der Waals surface area contributed by atoms with Crippen LogP contribution in [0.3, 0.4) is 0 Å². The van der Waals surface area contributed by atoms with Crippen LogP contribution >= 0.6 is 10.7 Å². The molecule has 1 fully saturated rings. The molecular formula is C14H14ClN3O3S. The summed E-state index contributed by atoms with van der Waals surface area (Å²) >= 11 is 0. The smallest absolute Gasteiger partial charge is 0.232 e. The molecule has 1 unspecified atom stereocenters. The zero-order valence-corrected chi connectivity index (χ0v) is 13.2. The van der Waals surface area contributed by atoms with E-state index in [4.69, 9.17) is 10.7 Å². The van der Waals surface area contributed by atoms with Crippen LogP contribution in [-0.2, 0) is 13.8 Å². The molecule has 0 saturated carbocycles. The van der Waals surface area contributed by atoms with Gasteiger partial charge in [-0.2, -0.15) is 5.10 Å². The second-order valence-electron chi connectivity index (χ2n) is 5.25. The molecule has 1 aliphatic heterocycles. The molecule has 6 nitrogen and oxygen atoms in total. The Morgan fingerprint density at radius 3 is 2.50 bits per heavy atom. The summed E-state index contributed by atoms with van der Waals surface area (Å²) in [6.45, 7) is 0.367. The summed E-state index contributed by atoms with van der Waals surface area (Å²) in [6.07, 6.45) is 3.72. The van der Waals surface area contributed by atoms with E-state index in [2.05, 4.69) is 5.10 Å². The van der Waals surface area contributed by atoms with E-state index in [0.29, 0.717) is 6.54 Å². The van der Waals surface area contributed by atoms with Gasteiger partial charge >= 0.3 is 0 Å². The van der Waals surface area contributed by atoms with Crippen LogP contribution < -0.4 is 4.90 Å². The van der Waals surface area contributed by atoms with Crippen molar-refractivity contribution < 1.29 is 13.2 Å². The number of nitrogens with zero attached hydrogens (tertiary/aromatic N) is 3. The zero-order valence-electron chi connectivity index (χ0n) is 11.6. The van der Waals surface area contributed by atoms with E-state index in [0.717, 1.165) is 11.4 Å². The van der Waals surface area contributed by atoms with E-state index in [1.54, 1.807) is 15.8 Å². The maximum Gasteiger partial charge on any atom is 0.232 e. The van der Waals surface area contributed by atoms with E-state index in [9.17, 15) is 13.2 Å². The van der Waals surface area contributed by atoms with Crippen LogP contribution in [0.5, 0.6) is 0 Å². The highest BCUT2D eigenvalue weighted by atomic mass is 35.7. The minimum Gasteiger partial charge on any atom is -0.312 e. The van der Waals surface area contributed by atoms with Crippen molar-refractivity contribution in [2.45, 2.75) is 6.42 Å². The van der Waals surface area contributed by atoms with Gasteiger partial charge in [-0.15, -0.1) is 0 Å². The molecule has 0 aliphatic carbocycles. The van der Waals surface area contributed by atoms with Crippen molar-refractivity contribution >= 4 is 31.3 Å². The molecule has 1 amide bonds. The van der Waals surface area contributed by atoms with Gasteiger partial charge in [0, 0.05) is 47.6 Å². The Kier molecular flexibility index (Phi) is 3.92. The zero-order chi connectivity index (χ0) is 15.7. The minimum atomic E-state index is -3.59. The van der Waals surface area contributed by atoms with Crippen molar-refractivity contribution in [3.8, 4) is 5.69 Å². The fourth-order valence-electron chi connectivity index (χ4n) is 2.63. The van der Waals surface area contributed by atoms with Gasteiger partial charge in [-0.25, -0.2) is 13.1 Å². The number of halogens is 1. The lowest BCUT2D eigenvalue weighted by Crippen LogP contribution is -2.25. The molecule has 2 aromatic rings. The van der Waals surface area contributed by atoms with Gasteiger partial charge in [0.15, 0.2) is 0 Å². The Labute approximate surface area is 132 Å². The third-order valence-electron chi connectivity index (χ3n) is 3.57. The predicted molar refractivity (Wildman–Crippen MR) is 83.7 cm³/mol. The fraction of sp³-hybridized carbons (Fsp3) is 0.286. The lowest BCUT2D eigenvalue weighted by atomic mass is 10.1. The first kappa shape index (κ1) is 15.1. The third kappa shape index (κ3) is 3.31. The number of hydrogen-bond donors (Lipinski definition) is 0. The number of anilines is 1. The van der Waals surface area contributed by atoms with Gasteiger partial charge in [0.2, 0.25) is 15.0 Å². The number of aromatic nitrogens is 2. The summed E-state index contributed by atoms with van der Waals surface area (Å²) in [4.78, 5) is 13.7. The van der Waals surface area contributed by atoms with Crippen molar-refractivity contribution in [1.29, 1.82) is 0 Å². The van der Waals surface area contributed by atoms with Gasteiger partial charge in [0.25, 0.3) is 0 Å². The predicted octanol–water partition coefficient (Wildman–Crippen LogP) is 1.79. The minimum absolute atomic E-state index is 0.0860. The summed E-state index contributed by atoms with van der Waals surface area (Å²) in [7, 11) is 1.67. The monoisotopic (exact) mass is 339 g/mol. The molecule has 1 aromatic heterocycles. The van der Waals surface area contributed by atoms with Crippen LogP contribution in [0, 0.1) is 5.92 Å². The molecule has 0 radical (unpaired) electrons. The highest BCUT2D eigenvalue weighted by molar-refractivity contribution is 8.13. The number of benzene rings is 1. The number of carbonyl (C=O) groups excluding carboxylic acids is 1. The molecule has 3 rings (SSSR count). The number of amides is 1. The average molecular weight is 340 g/mol. The molecule has 2 heterocycles. The number of rotatable bonds is 4. The highest BCUT2D eigenvalue weighted by Gasteiger charge is 2.33. The highest BCUT2D eigenvalue weighted by Crippen LogP contribution is 2.27. The van der Waals surface area contributed by atoms with E-state index in [-0.39, 0.29) is 24.0 Å². The van der Waals surface area contributed by atoms with Gasteiger partial charge in [-0.1, -0.05) is 0 Å². The summed E-state index contributed by atoms with van der Waals surface area (Å²) in [5, 5.41) is 4.14. The molecule has 1 atom stereocenters. The normalized spacial score (nSPS) is 18.9. The first-order valence-corrected chi connectivity index (χ1v) is 9.23. The molecule has 8 heteroatoms. The lowest BCUT2D eigenvalue weighted by molar-refractivity contribution is -0.117. The van der Waals surface area contributed by atoms with Gasteiger partial charge in [-0.3, -0.25) is 4.79 Å². The van der Waals surface area contributed by atoms with Crippen LogP contribution in [-0.4, -0.2) is 36.4 Å². The van der Waals surface area contributed by atoms with Crippen LogP contribution in [0.2, 0.25) is 0 Å². The molecule has 1 aromatic carbocycles. The van der Waals surface area contributed by atoms with Crippen molar-refractivity contribution in [3.63, 3.8) is 0 Å². The first-order chi connectivity index (χ1) is 10.4. The molecule has 1 aliphatic rings. The standard InChI is InChI=1S/C14H14ClN3O3S/c15-22(20,21)10-11-8-14(19)17(9-11)12-2-4-13(5-3-12)18-7-1-6-16-18/h1-7,11H,8-10H2. The maximum absolute atomic E-state index is 12.1. The van der Waals surface area contributed by atoms with E-state index in [1.165, 1.54) is 0 Å². The van der Waals surface area contributed by atoms with E-state index in [1.807, 2.05) is 36.5 Å². The number of carbonyl (C=O) groups is 1. The fourth-order valence-corrected chi connectivity index (χ4v) is 3.95. The Bertz CT molecular complexity index is 772. The summed E-state index contributed by atoms with van der Waals surface area (Å²) in [5.41, 5.74) is 1.63. The Morgan fingerprint density at radius 1 is 1.23 bits per heavy atom. The maximum atomic E-state index is 12.1. The van der Waals surface area contributed by atoms with E-state index >= 15 is 0 Å². The summed E-state index contributed by atoms with van der Waals surface area (Å²) in [5.74, 6) is -0.528. The van der Waals surface area contributed by atoms with Crippen molar-refractivity contribution in [2.24, 2.45) is 5.92 Å². The molecule has 0 bridgehead atoms. The van der Waals surface area contributed by atoms with Gasteiger partial charge in [-0.05, 0) is 30.3 Å². The second-order valence-corrected chi connectivity index (χ2v) is 8.07. The largest absolute Gasteiger partial charge is 0.312 e. The number of hydrogen-bond acceptors (Lipinski definition) is 4. The Balaban J connectivity index is 1.76. The van der Waals surface area contributed by atoms with Crippen LogP contribution in [0.4, 0.5) is 5.69 Å². The topological polar surface area (TPSA) is 72.3 Å². The van der Waals surface area contributed by atoms with Gasteiger partial charge < -0.3 is 4.90 Å². The second kappa shape index (κ2) is 5.73. The van der Waals surface area contributed by atoms with Crippen LogP contribution in [0.15, 0.2) is 42.7 Å². The Morgan fingerprint density at radius 2 is 1.91 bits per heavy atom. The van der Waals surface area contributed by atoms with E-state index < -0.39 is 9.05 Å². The van der Waals surface area contributed by atoms with Crippen LogP contribution in [0.25, 0.3) is 5.69 Å². The Hall–Kier alpha value is -1.86. The molecule has 1 saturated heterocycles. The van der Waals surface area contributed by atoms with Crippen molar-refractivity contribution in [3.05, 3.63) is 42.7 Å². The first-order valence-electron chi connectivity index (χ1n) is 6.75. The molecule has 0 spiro atoms. The molecular weight excluding hydrogens is 326 g/mol. The third-order valence-corrected chi connectivity index (χ3v) is 4.82. The molecule has 116 valence electrons. The summed E-state index contributed by atoms with van der Waals surface area (Å²) < 4.78 is 24.0. The quantitative estimate of drug-likeness (QED) is 0.796. The molecule has 22 heavy (non-hydrogen) atoms. The lowest BCUT2D eigenvalue weighted by Gasteiger charge is -2.17. The van der Waals surface area contributed by atoms with Crippen molar-refractivity contribution in [2.75, 3.05) is 17.2 Å². The van der Waals surface area contributed by atoms with Crippen LogP contribution in [0.1, 0.15) is 6.42 Å². The van der Waals surface area contributed by atoms with Gasteiger partial charge in [0.1, 0.15) is 0 Å². The van der Waals surface area contributed by atoms with Crippen molar-refractivity contribution in [1.82, 2.24) is 9.78 Å². The molecule has 0 N–H and O–H groups in total. The summed E-state index contributed by atoms with van der Waals surface area (Å²) in [6, 6.07) is 9.20. The SMILES string of the molecule is O=C1CC(CS(=O)(=O)Cl)CN1c1ccc(-n2cccn2)cc1.